The van der Waals surface area contributed by atoms with Crippen molar-refractivity contribution in [2.75, 3.05) is 13.1 Å². The van der Waals surface area contributed by atoms with Crippen LogP contribution >= 0.6 is 0 Å². The maximum atomic E-state index is 12.5. The number of nitrogens with zero attached hydrogens (tertiary/aromatic N) is 3. The summed E-state index contributed by atoms with van der Waals surface area (Å²) in [5.41, 5.74) is 0.783. The zero-order valence-corrected chi connectivity index (χ0v) is 12.9. The average Bonchev–Trinajstić information content (AvgIpc) is 2.73. The molecule has 0 unspecified atom stereocenters. The fourth-order valence-electron chi connectivity index (χ4n) is 2.80. The van der Waals surface area contributed by atoms with E-state index >= 15 is 0 Å². The number of rotatable bonds is 3. The number of hydrogen-bond donors (Lipinski definition) is 0. The number of fused-ring (bicyclic) bond motifs is 1. The van der Waals surface area contributed by atoms with Crippen molar-refractivity contribution in [1.29, 1.82) is 10.5 Å². The van der Waals surface area contributed by atoms with E-state index in [0.717, 1.165) is 4.90 Å². The van der Waals surface area contributed by atoms with Crippen LogP contribution in [0.15, 0.2) is 4.42 Å². The van der Waals surface area contributed by atoms with Crippen molar-refractivity contribution in [2.24, 2.45) is 5.41 Å². The largest absolute Gasteiger partial charge is 0.455 e. The topological polar surface area (TPSA) is 98.1 Å². The lowest BCUT2D eigenvalue weighted by Gasteiger charge is -2.27. The van der Waals surface area contributed by atoms with Gasteiger partial charge in [-0.05, 0) is 12.3 Å². The highest BCUT2D eigenvalue weighted by molar-refractivity contribution is 6.03. The van der Waals surface area contributed by atoms with Crippen LogP contribution in [0.4, 0.5) is 0 Å². The van der Waals surface area contributed by atoms with Gasteiger partial charge in [0.05, 0.1) is 17.7 Å². The van der Waals surface area contributed by atoms with Gasteiger partial charge in [-0.25, -0.2) is 0 Å². The zero-order chi connectivity index (χ0) is 16.5. The Kier molecular flexibility index (Phi) is 4.05. The van der Waals surface area contributed by atoms with Gasteiger partial charge < -0.3 is 9.32 Å². The minimum Gasteiger partial charge on any atom is -0.455 e. The molecule has 6 nitrogen and oxygen atoms in total. The number of furan rings is 1. The van der Waals surface area contributed by atoms with Gasteiger partial charge >= 0.3 is 0 Å². The van der Waals surface area contributed by atoms with Gasteiger partial charge in [0.2, 0.25) is 0 Å². The monoisotopic (exact) mass is 299 g/mol. The molecule has 0 aliphatic heterocycles. The van der Waals surface area contributed by atoms with E-state index in [4.69, 9.17) is 14.9 Å². The summed E-state index contributed by atoms with van der Waals surface area (Å²) in [6, 6.07) is 3.70. The van der Waals surface area contributed by atoms with E-state index < -0.39 is 5.91 Å². The maximum Gasteiger partial charge on any atom is 0.291 e. The summed E-state index contributed by atoms with van der Waals surface area (Å²) in [6.45, 7) is 5.23. The predicted octanol–water partition coefficient (Wildman–Crippen LogP) is 2.23. The number of nitriles is 2. The van der Waals surface area contributed by atoms with Crippen LogP contribution in [-0.4, -0.2) is 29.7 Å². The van der Waals surface area contributed by atoms with Gasteiger partial charge in [-0.15, -0.1) is 0 Å². The Morgan fingerprint density at radius 2 is 1.86 bits per heavy atom. The van der Waals surface area contributed by atoms with Gasteiger partial charge in [-0.3, -0.25) is 9.59 Å². The standard InChI is InChI=1S/C16H17N3O3/c1-10-13-11(20)8-16(2,3)9-12(13)22-14(10)15(21)19(6-4-17)7-5-18/h6-9H2,1-3H3. The molecule has 0 atom stereocenters. The van der Waals surface area contributed by atoms with E-state index in [2.05, 4.69) is 0 Å². The third-order valence-corrected chi connectivity index (χ3v) is 3.78. The summed E-state index contributed by atoms with van der Waals surface area (Å²) >= 11 is 0. The third kappa shape index (κ3) is 2.73. The van der Waals surface area contributed by atoms with Crippen molar-refractivity contribution in [3.05, 3.63) is 22.6 Å². The molecule has 0 bridgehead atoms. The van der Waals surface area contributed by atoms with Crippen LogP contribution in [0, 0.1) is 35.0 Å². The van der Waals surface area contributed by atoms with Crippen molar-refractivity contribution in [2.45, 2.75) is 33.6 Å². The summed E-state index contributed by atoms with van der Waals surface area (Å²) in [4.78, 5) is 25.8. The Bertz CT molecular complexity index is 700. The van der Waals surface area contributed by atoms with Crippen LogP contribution in [0.1, 0.15) is 52.5 Å². The first-order chi connectivity index (χ1) is 10.3. The molecule has 114 valence electrons. The number of ketones is 1. The second-order valence-electron chi connectivity index (χ2n) is 6.27. The number of hydrogen-bond acceptors (Lipinski definition) is 5. The van der Waals surface area contributed by atoms with Crippen LogP contribution in [0.5, 0.6) is 0 Å². The molecule has 1 amide bonds. The van der Waals surface area contributed by atoms with Gasteiger partial charge in [0, 0.05) is 18.4 Å². The van der Waals surface area contributed by atoms with Crippen molar-refractivity contribution < 1.29 is 14.0 Å². The van der Waals surface area contributed by atoms with Gasteiger partial charge in [0.25, 0.3) is 5.91 Å². The van der Waals surface area contributed by atoms with E-state index in [1.165, 1.54) is 0 Å². The molecular weight excluding hydrogens is 282 g/mol. The van der Waals surface area contributed by atoms with E-state index in [0.29, 0.717) is 29.7 Å². The van der Waals surface area contributed by atoms with Crippen molar-refractivity contribution in [1.82, 2.24) is 4.90 Å². The molecule has 1 aliphatic rings. The number of carbonyl (C=O) groups excluding carboxylic acids is 2. The number of Topliss-reactive ketones (excluding diaryl/α,β-unsaturated/α-hetero) is 1. The average molecular weight is 299 g/mol. The molecule has 22 heavy (non-hydrogen) atoms. The van der Waals surface area contributed by atoms with Crippen LogP contribution in [0.3, 0.4) is 0 Å². The molecule has 6 heteroatoms. The second-order valence-corrected chi connectivity index (χ2v) is 6.27. The van der Waals surface area contributed by atoms with Gasteiger partial charge in [-0.2, -0.15) is 10.5 Å². The SMILES string of the molecule is Cc1c(C(=O)N(CC#N)CC#N)oc2c1C(=O)CC(C)(C)C2. The lowest BCUT2D eigenvalue weighted by molar-refractivity contribution is 0.0756. The van der Waals surface area contributed by atoms with E-state index in [1.54, 1.807) is 6.92 Å². The lowest BCUT2D eigenvalue weighted by atomic mass is 9.76. The van der Waals surface area contributed by atoms with Gasteiger partial charge in [0.1, 0.15) is 18.8 Å². The molecule has 0 radical (unpaired) electrons. The molecule has 0 spiro atoms. The summed E-state index contributed by atoms with van der Waals surface area (Å²) in [5.74, 6) is 0.0248. The number of carbonyl (C=O) groups is 2. The molecule has 1 aromatic heterocycles. The molecule has 0 aromatic carbocycles. The van der Waals surface area contributed by atoms with E-state index in [1.807, 2.05) is 26.0 Å². The van der Waals surface area contributed by atoms with Crippen LogP contribution < -0.4 is 0 Å². The highest BCUT2D eigenvalue weighted by Crippen LogP contribution is 2.38. The van der Waals surface area contributed by atoms with E-state index in [-0.39, 0.29) is 30.0 Å². The summed E-state index contributed by atoms with van der Waals surface area (Å²) in [6.07, 6.45) is 0.993. The highest BCUT2D eigenvalue weighted by Gasteiger charge is 2.37. The summed E-state index contributed by atoms with van der Waals surface area (Å²) in [5, 5.41) is 17.5. The Morgan fingerprint density at radius 3 is 2.41 bits per heavy atom. The highest BCUT2D eigenvalue weighted by atomic mass is 16.4. The third-order valence-electron chi connectivity index (χ3n) is 3.78. The van der Waals surface area contributed by atoms with Crippen LogP contribution in [-0.2, 0) is 6.42 Å². The second kappa shape index (κ2) is 5.65. The van der Waals surface area contributed by atoms with Crippen molar-refractivity contribution in [3.8, 4) is 12.1 Å². The van der Waals surface area contributed by atoms with Crippen molar-refractivity contribution in [3.63, 3.8) is 0 Å². The zero-order valence-electron chi connectivity index (χ0n) is 12.9. The molecule has 0 N–H and O–H groups in total. The smallest absolute Gasteiger partial charge is 0.291 e. The Labute approximate surface area is 128 Å². The molecule has 2 rings (SSSR count). The Balaban J connectivity index is 2.43. The van der Waals surface area contributed by atoms with Crippen molar-refractivity contribution >= 4 is 11.7 Å². The first kappa shape index (κ1) is 15.8. The fourth-order valence-corrected chi connectivity index (χ4v) is 2.80. The molecule has 0 saturated heterocycles. The first-order valence-electron chi connectivity index (χ1n) is 6.99. The van der Waals surface area contributed by atoms with E-state index in [9.17, 15) is 9.59 Å². The minimum atomic E-state index is -0.527. The number of amides is 1. The molecule has 0 saturated carbocycles. The molecule has 0 fully saturated rings. The lowest BCUT2D eigenvalue weighted by Crippen LogP contribution is -2.32. The minimum absolute atomic E-state index is 0.0290. The van der Waals surface area contributed by atoms with Crippen LogP contribution in [0.2, 0.25) is 0 Å². The normalized spacial score (nSPS) is 15.6. The maximum absolute atomic E-state index is 12.5. The van der Waals surface area contributed by atoms with Gasteiger partial charge in [-0.1, -0.05) is 13.8 Å². The summed E-state index contributed by atoms with van der Waals surface area (Å²) < 4.78 is 5.65. The molecule has 1 aromatic rings. The van der Waals surface area contributed by atoms with Crippen LogP contribution in [0.25, 0.3) is 0 Å². The molecule has 1 aliphatic carbocycles. The Hall–Kier alpha value is -2.60. The first-order valence-corrected chi connectivity index (χ1v) is 6.99. The Morgan fingerprint density at radius 1 is 1.27 bits per heavy atom. The quantitative estimate of drug-likeness (QED) is 0.797. The summed E-state index contributed by atoms with van der Waals surface area (Å²) in [7, 11) is 0. The van der Waals surface area contributed by atoms with Gasteiger partial charge in [0.15, 0.2) is 11.5 Å². The molecule has 1 heterocycles. The molecular formula is C16H17N3O3. The fraction of sp³-hybridized carbons (Fsp3) is 0.500. The predicted molar refractivity (Wildman–Crippen MR) is 77.0 cm³/mol.